The predicted molar refractivity (Wildman–Crippen MR) is 61.8 cm³/mol. The number of hydrogen-bond donors (Lipinski definition) is 1. The quantitative estimate of drug-likeness (QED) is 0.759. The van der Waals surface area contributed by atoms with Crippen molar-refractivity contribution in [3.8, 4) is 0 Å². The minimum atomic E-state index is -0.00907. The van der Waals surface area contributed by atoms with E-state index < -0.39 is 0 Å². The van der Waals surface area contributed by atoms with Crippen LogP contribution in [-0.4, -0.2) is 46.7 Å². The van der Waals surface area contributed by atoms with Crippen molar-refractivity contribution in [1.29, 1.82) is 0 Å². The first-order valence-electron chi connectivity index (χ1n) is 5.74. The predicted octanol–water partition coefficient (Wildman–Crippen LogP) is 1.73. The number of nitrogens with zero attached hydrogens (tertiary/aromatic N) is 1. The number of rotatable bonds is 2. The van der Waals surface area contributed by atoms with Crippen LogP contribution in [0.2, 0.25) is 0 Å². The Morgan fingerprint density at radius 2 is 1.86 bits per heavy atom. The molecule has 1 saturated carbocycles. The van der Waals surface area contributed by atoms with Crippen LogP contribution in [0, 0.1) is 0 Å². The van der Waals surface area contributed by atoms with Gasteiger partial charge in [0, 0.05) is 17.8 Å². The summed E-state index contributed by atoms with van der Waals surface area (Å²) in [6.45, 7) is 2.56. The second-order valence-corrected chi connectivity index (χ2v) is 5.74. The molecule has 0 aromatic heterocycles. The van der Waals surface area contributed by atoms with Crippen LogP contribution < -0.4 is 0 Å². The highest BCUT2D eigenvalue weighted by molar-refractivity contribution is 7.99. The van der Waals surface area contributed by atoms with Gasteiger partial charge >= 0.3 is 0 Å². The highest BCUT2D eigenvalue weighted by Crippen LogP contribution is 2.28. The van der Waals surface area contributed by atoms with Gasteiger partial charge < -0.3 is 5.11 Å². The molecule has 0 aromatic rings. The maximum Gasteiger partial charge on any atom is 0.0541 e. The van der Waals surface area contributed by atoms with Gasteiger partial charge in [-0.25, -0.2) is 0 Å². The Kier molecular flexibility index (Phi) is 3.74. The molecule has 2 nitrogen and oxygen atoms in total. The highest BCUT2D eigenvalue weighted by atomic mass is 32.2. The number of aliphatic hydroxyl groups excluding tert-OH is 1. The number of aliphatic hydroxyl groups is 1. The fourth-order valence-electron chi connectivity index (χ4n) is 2.70. The van der Waals surface area contributed by atoms with Crippen molar-refractivity contribution in [3.63, 3.8) is 0 Å². The lowest BCUT2D eigenvalue weighted by Crippen LogP contribution is -2.37. The van der Waals surface area contributed by atoms with Gasteiger partial charge in [0.05, 0.1) is 6.10 Å². The number of likely N-dealkylation sites (tertiary alicyclic amines) is 1. The summed E-state index contributed by atoms with van der Waals surface area (Å²) in [5, 5.41) is 10.3. The first-order valence-corrected chi connectivity index (χ1v) is 7.03. The summed E-state index contributed by atoms with van der Waals surface area (Å²) >= 11 is 2.01. The number of thioether (sulfide) groups is 1. The lowest BCUT2D eigenvalue weighted by molar-refractivity contribution is 0.0838. The average molecular weight is 215 g/mol. The van der Waals surface area contributed by atoms with Crippen molar-refractivity contribution in [2.24, 2.45) is 0 Å². The van der Waals surface area contributed by atoms with E-state index in [1.54, 1.807) is 0 Å². The van der Waals surface area contributed by atoms with Gasteiger partial charge in [-0.15, -0.1) is 0 Å². The first-order chi connectivity index (χ1) is 6.79. The third kappa shape index (κ3) is 2.44. The molecule has 0 aromatic carbocycles. The molecule has 1 unspecified atom stereocenters. The van der Waals surface area contributed by atoms with Crippen molar-refractivity contribution in [1.82, 2.24) is 4.90 Å². The van der Waals surface area contributed by atoms with E-state index in [9.17, 15) is 5.11 Å². The summed E-state index contributed by atoms with van der Waals surface area (Å²) in [6, 6.07) is 0.774. The smallest absolute Gasteiger partial charge is 0.0541 e. The molecule has 82 valence electrons. The maximum atomic E-state index is 9.45. The van der Waals surface area contributed by atoms with E-state index in [-0.39, 0.29) is 6.10 Å². The third-order valence-corrected chi connectivity index (χ3v) is 4.74. The molecule has 3 heteroatoms. The van der Waals surface area contributed by atoms with Crippen molar-refractivity contribution < 1.29 is 5.11 Å². The Labute approximate surface area is 91.1 Å². The zero-order chi connectivity index (χ0) is 9.97. The molecule has 0 bridgehead atoms. The van der Waals surface area contributed by atoms with E-state index in [2.05, 4.69) is 11.2 Å². The van der Waals surface area contributed by atoms with E-state index in [0.717, 1.165) is 24.1 Å². The van der Waals surface area contributed by atoms with Crippen LogP contribution in [0.25, 0.3) is 0 Å². The second-order valence-electron chi connectivity index (χ2n) is 4.60. The summed E-state index contributed by atoms with van der Waals surface area (Å²) in [4.78, 5) is 2.65. The molecule has 2 aliphatic rings. The van der Waals surface area contributed by atoms with E-state index in [0.29, 0.717) is 0 Å². The Morgan fingerprint density at radius 3 is 2.43 bits per heavy atom. The zero-order valence-electron chi connectivity index (χ0n) is 8.98. The topological polar surface area (TPSA) is 23.5 Å². The van der Waals surface area contributed by atoms with Crippen LogP contribution in [0.15, 0.2) is 0 Å². The fourth-order valence-corrected chi connectivity index (χ4v) is 3.38. The Balaban J connectivity index is 1.79. The minimum absolute atomic E-state index is 0.00907. The second kappa shape index (κ2) is 4.86. The lowest BCUT2D eigenvalue weighted by atomic mass is 9.92. The molecule has 1 aliphatic heterocycles. The molecule has 0 spiro atoms. The van der Waals surface area contributed by atoms with Crippen LogP contribution in [0.5, 0.6) is 0 Å². The van der Waals surface area contributed by atoms with Crippen LogP contribution in [-0.2, 0) is 0 Å². The van der Waals surface area contributed by atoms with Gasteiger partial charge in [-0.05, 0) is 44.9 Å². The minimum Gasteiger partial charge on any atom is -0.393 e. The van der Waals surface area contributed by atoms with Crippen LogP contribution >= 0.6 is 11.8 Å². The van der Waals surface area contributed by atoms with Crippen molar-refractivity contribution in [2.45, 2.75) is 49.5 Å². The summed E-state index contributed by atoms with van der Waals surface area (Å²) < 4.78 is 0. The molecule has 1 saturated heterocycles. The first kappa shape index (κ1) is 10.8. The van der Waals surface area contributed by atoms with Crippen molar-refractivity contribution in [3.05, 3.63) is 0 Å². The van der Waals surface area contributed by atoms with E-state index in [1.165, 1.54) is 32.4 Å². The van der Waals surface area contributed by atoms with E-state index >= 15 is 0 Å². The molecule has 14 heavy (non-hydrogen) atoms. The number of hydrogen-bond acceptors (Lipinski definition) is 3. The van der Waals surface area contributed by atoms with E-state index in [1.807, 2.05) is 11.8 Å². The molecule has 1 atom stereocenters. The van der Waals surface area contributed by atoms with Crippen LogP contribution in [0.1, 0.15) is 32.1 Å². The Hall–Kier alpha value is 0.270. The highest BCUT2D eigenvalue weighted by Gasteiger charge is 2.30. The van der Waals surface area contributed by atoms with Gasteiger partial charge in [0.25, 0.3) is 0 Å². The Morgan fingerprint density at radius 1 is 1.14 bits per heavy atom. The van der Waals surface area contributed by atoms with Crippen LogP contribution in [0.4, 0.5) is 0 Å². The molecule has 1 aliphatic carbocycles. The molecule has 1 heterocycles. The standard InChI is InChI=1S/C11H21NOS/c1-14-11-6-7-12(8-11)9-2-4-10(13)5-3-9/h9-11,13H,2-8H2,1H3. The Bertz CT molecular complexity index is 180. The lowest BCUT2D eigenvalue weighted by Gasteiger charge is -2.32. The van der Waals surface area contributed by atoms with Crippen molar-refractivity contribution >= 4 is 11.8 Å². The van der Waals surface area contributed by atoms with Gasteiger partial charge in [0.15, 0.2) is 0 Å². The zero-order valence-corrected chi connectivity index (χ0v) is 9.80. The SMILES string of the molecule is CSC1CCN(C2CCC(O)CC2)C1. The molecular formula is C11H21NOS. The maximum absolute atomic E-state index is 9.45. The van der Waals surface area contributed by atoms with Gasteiger partial charge in [-0.1, -0.05) is 0 Å². The molecule has 0 radical (unpaired) electrons. The molecule has 2 rings (SSSR count). The summed E-state index contributed by atoms with van der Waals surface area (Å²) in [5.74, 6) is 0. The molecular weight excluding hydrogens is 194 g/mol. The molecule has 1 N–H and O–H groups in total. The van der Waals surface area contributed by atoms with Gasteiger partial charge in [0.2, 0.25) is 0 Å². The summed E-state index contributed by atoms with van der Waals surface area (Å²) in [6.07, 6.45) is 8.03. The third-order valence-electron chi connectivity index (χ3n) is 3.69. The van der Waals surface area contributed by atoms with Gasteiger partial charge in [-0.2, -0.15) is 11.8 Å². The monoisotopic (exact) mass is 215 g/mol. The fraction of sp³-hybridized carbons (Fsp3) is 1.00. The van der Waals surface area contributed by atoms with Gasteiger partial charge in [-0.3, -0.25) is 4.90 Å². The molecule has 0 amide bonds. The van der Waals surface area contributed by atoms with Crippen molar-refractivity contribution in [2.75, 3.05) is 19.3 Å². The average Bonchev–Trinajstić information content (AvgIpc) is 2.67. The normalized spacial score (nSPS) is 40.3. The van der Waals surface area contributed by atoms with Gasteiger partial charge in [0.1, 0.15) is 0 Å². The molecule has 2 fully saturated rings. The van der Waals surface area contributed by atoms with E-state index in [4.69, 9.17) is 0 Å². The summed E-state index contributed by atoms with van der Waals surface area (Å²) in [5.41, 5.74) is 0. The van der Waals surface area contributed by atoms with Crippen LogP contribution in [0.3, 0.4) is 0 Å². The largest absolute Gasteiger partial charge is 0.393 e. The summed E-state index contributed by atoms with van der Waals surface area (Å²) in [7, 11) is 0.